The first-order chi connectivity index (χ1) is 17.0. The number of hydrogen-bond donors (Lipinski definition) is 3. The zero-order valence-electron chi connectivity index (χ0n) is 21.2. The third kappa shape index (κ3) is 4.21. The molecule has 3 N–H and O–H groups in total. The summed E-state index contributed by atoms with van der Waals surface area (Å²) in [7, 11) is 0. The maximum atomic E-state index is 13.3. The Bertz CT molecular complexity index is 1520. The number of carbonyl (C=O) groups excluding carboxylic acids is 1. The summed E-state index contributed by atoms with van der Waals surface area (Å²) in [5.74, 6) is 0.815. The van der Waals surface area contributed by atoms with Gasteiger partial charge in [0, 0.05) is 28.4 Å². The predicted molar refractivity (Wildman–Crippen MR) is 142 cm³/mol. The summed E-state index contributed by atoms with van der Waals surface area (Å²) in [6, 6.07) is 9.34. The second-order valence-electron chi connectivity index (χ2n) is 10.4. The maximum absolute atomic E-state index is 13.3. The molecule has 10 heteroatoms. The normalized spacial score (nSPS) is 13.5. The van der Waals surface area contributed by atoms with E-state index in [2.05, 4.69) is 60.3 Å². The van der Waals surface area contributed by atoms with Gasteiger partial charge in [0.1, 0.15) is 10.6 Å². The van der Waals surface area contributed by atoms with Gasteiger partial charge in [-0.15, -0.1) is 11.3 Å². The van der Waals surface area contributed by atoms with Crippen molar-refractivity contribution in [2.75, 3.05) is 10.2 Å². The van der Waals surface area contributed by atoms with E-state index >= 15 is 0 Å². The van der Waals surface area contributed by atoms with Crippen LogP contribution in [0.5, 0.6) is 0 Å². The molecule has 0 aliphatic carbocycles. The van der Waals surface area contributed by atoms with Gasteiger partial charge in [-0.2, -0.15) is 10.2 Å². The van der Waals surface area contributed by atoms with Crippen molar-refractivity contribution in [3.8, 4) is 11.3 Å². The lowest BCUT2D eigenvalue weighted by atomic mass is 9.98. The second kappa shape index (κ2) is 8.70. The summed E-state index contributed by atoms with van der Waals surface area (Å²) >= 11 is 1.48. The van der Waals surface area contributed by atoms with Crippen molar-refractivity contribution in [1.82, 2.24) is 25.4 Å². The SMILES string of the molecule is Cc1c(-c2cc(Nc3cc(C(C)C)[nH]n3)c(=O)[nH]n2)cccc1N1Cc2nc(C(C)(C)C)sc2C1=O. The molecule has 1 aliphatic rings. The zero-order chi connectivity index (χ0) is 25.8. The number of rotatable bonds is 5. The van der Waals surface area contributed by atoms with Gasteiger partial charge in [0.05, 0.1) is 22.9 Å². The second-order valence-corrected chi connectivity index (χ2v) is 11.4. The molecule has 0 saturated carbocycles. The number of fused-ring (bicyclic) bond motifs is 1. The molecule has 0 atom stereocenters. The number of carbonyl (C=O) groups is 1. The first-order valence-corrected chi connectivity index (χ1v) is 12.7. The molecular weight excluding hydrogens is 474 g/mol. The Morgan fingerprint density at radius 3 is 2.56 bits per heavy atom. The fourth-order valence-electron chi connectivity index (χ4n) is 4.15. The molecule has 0 spiro atoms. The van der Waals surface area contributed by atoms with Crippen molar-refractivity contribution in [1.29, 1.82) is 0 Å². The van der Waals surface area contributed by atoms with Crippen LogP contribution in [0.15, 0.2) is 35.1 Å². The summed E-state index contributed by atoms with van der Waals surface area (Å²) in [4.78, 5) is 33.0. The molecule has 186 valence electrons. The van der Waals surface area contributed by atoms with E-state index in [0.717, 1.165) is 33.2 Å². The number of hydrogen-bond acceptors (Lipinski definition) is 7. The number of H-pyrrole nitrogens is 2. The zero-order valence-corrected chi connectivity index (χ0v) is 22.0. The number of nitrogens with zero attached hydrogens (tertiary/aromatic N) is 4. The highest BCUT2D eigenvalue weighted by Crippen LogP contribution is 2.39. The van der Waals surface area contributed by atoms with Crippen molar-refractivity contribution in [3.63, 3.8) is 0 Å². The van der Waals surface area contributed by atoms with Gasteiger partial charge in [0.2, 0.25) is 0 Å². The van der Waals surface area contributed by atoms with E-state index in [1.807, 2.05) is 31.2 Å². The van der Waals surface area contributed by atoms with Gasteiger partial charge in [-0.3, -0.25) is 14.7 Å². The Kier molecular flexibility index (Phi) is 5.78. The van der Waals surface area contributed by atoms with E-state index in [-0.39, 0.29) is 22.8 Å². The van der Waals surface area contributed by atoms with E-state index in [4.69, 9.17) is 4.98 Å². The first-order valence-electron chi connectivity index (χ1n) is 11.9. The van der Waals surface area contributed by atoms with Crippen LogP contribution in [0.1, 0.15) is 72.2 Å². The maximum Gasteiger partial charge on any atom is 0.287 e. The van der Waals surface area contributed by atoms with Gasteiger partial charge in [0.15, 0.2) is 5.82 Å². The lowest BCUT2D eigenvalue weighted by Gasteiger charge is -2.21. The van der Waals surface area contributed by atoms with Crippen LogP contribution in [0, 0.1) is 6.92 Å². The number of benzene rings is 1. The molecule has 4 aromatic rings. The first kappa shape index (κ1) is 23.9. The lowest BCUT2D eigenvalue weighted by Crippen LogP contribution is -2.24. The molecule has 1 amide bonds. The standard InChI is InChI=1S/C26H29N7O2S/c1-13(2)16-11-21(31-29-16)27-18-10-17(30-32-23(18)34)15-8-7-9-20(14(15)3)33-12-19-22(24(33)35)36-25(28-19)26(4,5)6/h7-11,13H,12H2,1-6H3,(H,32,34)(H2,27,29,30,31). The Labute approximate surface area is 213 Å². The van der Waals surface area contributed by atoms with Gasteiger partial charge in [0.25, 0.3) is 11.5 Å². The Morgan fingerprint density at radius 1 is 1.11 bits per heavy atom. The highest BCUT2D eigenvalue weighted by Gasteiger charge is 2.35. The van der Waals surface area contributed by atoms with E-state index < -0.39 is 0 Å². The van der Waals surface area contributed by atoms with Crippen molar-refractivity contribution in [3.05, 3.63) is 67.5 Å². The molecule has 0 fully saturated rings. The topological polar surface area (TPSA) is 120 Å². The largest absolute Gasteiger partial charge is 0.334 e. The van der Waals surface area contributed by atoms with Gasteiger partial charge in [-0.1, -0.05) is 46.8 Å². The smallest absolute Gasteiger partial charge is 0.287 e. The molecule has 5 rings (SSSR count). The molecule has 36 heavy (non-hydrogen) atoms. The van der Waals surface area contributed by atoms with Gasteiger partial charge in [-0.25, -0.2) is 10.1 Å². The van der Waals surface area contributed by atoms with Crippen LogP contribution >= 0.6 is 11.3 Å². The molecule has 1 aromatic carbocycles. The lowest BCUT2D eigenvalue weighted by molar-refractivity contribution is 0.1000. The number of aromatic amines is 2. The molecule has 0 bridgehead atoms. The average molecular weight is 504 g/mol. The summed E-state index contributed by atoms with van der Waals surface area (Å²) in [5.41, 5.74) is 4.80. The summed E-state index contributed by atoms with van der Waals surface area (Å²) in [5, 5.41) is 18.1. The minimum Gasteiger partial charge on any atom is -0.334 e. The number of aromatic nitrogens is 5. The molecule has 9 nitrogen and oxygen atoms in total. The fraction of sp³-hybridized carbons (Fsp3) is 0.346. The molecular formula is C26H29N7O2S. The highest BCUT2D eigenvalue weighted by molar-refractivity contribution is 7.14. The Balaban J connectivity index is 1.45. The summed E-state index contributed by atoms with van der Waals surface area (Å²) in [6.45, 7) is 12.8. The minimum absolute atomic E-state index is 0.0328. The van der Waals surface area contributed by atoms with Crippen LogP contribution in [0.2, 0.25) is 0 Å². The van der Waals surface area contributed by atoms with Crippen molar-refractivity contribution in [2.24, 2.45) is 0 Å². The minimum atomic E-state index is -0.346. The average Bonchev–Trinajstić information content (AvgIpc) is 3.52. The number of anilines is 3. The molecule has 3 aromatic heterocycles. The van der Waals surface area contributed by atoms with E-state index in [1.165, 1.54) is 11.3 Å². The Hall–Kier alpha value is -3.79. The van der Waals surface area contributed by atoms with Crippen LogP contribution in [-0.4, -0.2) is 31.3 Å². The third-order valence-electron chi connectivity index (χ3n) is 6.24. The molecule has 0 unspecified atom stereocenters. The van der Waals surface area contributed by atoms with Crippen LogP contribution in [0.25, 0.3) is 11.3 Å². The van der Waals surface area contributed by atoms with Gasteiger partial charge < -0.3 is 10.2 Å². The van der Waals surface area contributed by atoms with Crippen molar-refractivity contribution >= 4 is 34.4 Å². The number of nitrogens with one attached hydrogen (secondary N) is 3. The Morgan fingerprint density at radius 2 is 1.89 bits per heavy atom. The monoisotopic (exact) mass is 503 g/mol. The number of thiazole rings is 1. The quantitative estimate of drug-likeness (QED) is 0.342. The molecule has 0 saturated heterocycles. The van der Waals surface area contributed by atoms with Crippen molar-refractivity contribution in [2.45, 2.75) is 59.4 Å². The summed E-state index contributed by atoms with van der Waals surface area (Å²) in [6.07, 6.45) is 0. The van der Waals surface area contributed by atoms with E-state index in [0.29, 0.717) is 28.6 Å². The van der Waals surface area contributed by atoms with E-state index in [1.54, 1.807) is 11.0 Å². The number of amides is 1. The van der Waals surface area contributed by atoms with Crippen LogP contribution < -0.4 is 15.8 Å². The highest BCUT2D eigenvalue weighted by atomic mass is 32.1. The van der Waals surface area contributed by atoms with E-state index in [9.17, 15) is 9.59 Å². The predicted octanol–water partition coefficient (Wildman–Crippen LogP) is 5.25. The van der Waals surface area contributed by atoms with Gasteiger partial charge >= 0.3 is 0 Å². The summed E-state index contributed by atoms with van der Waals surface area (Å²) < 4.78 is 0. The molecule has 1 aliphatic heterocycles. The molecule has 4 heterocycles. The van der Waals surface area contributed by atoms with Crippen LogP contribution in [0.4, 0.5) is 17.2 Å². The van der Waals surface area contributed by atoms with Crippen LogP contribution in [0.3, 0.4) is 0 Å². The van der Waals surface area contributed by atoms with Crippen LogP contribution in [-0.2, 0) is 12.0 Å². The van der Waals surface area contributed by atoms with Crippen molar-refractivity contribution < 1.29 is 4.79 Å². The van der Waals surface area contributed by atoms with Gasteiger partial charge in [-0.05, 0) is 30.5 Å². The molecule has 0 radical (unpaired) electrons. The third-order valence-corrected chi connectivity index (χ3v) is 7.76. The fourth-order valence-corrected chi connectivity index (χ4v) is 5.23.